The van der Waals surface area contributed by atoms with Crippen molar-refractivity contribution in [2.24, 2.45) is 23.7 Å². The van der Waals surface area contributed by atoms with Crippen LogP contribution in [0.15, 0.2) is 67.9 Å². The van der Waals surface area contributed by atoms with Crippen molar-refractivity contribution < 1.29 is 52.7 Å². The highest BCUT2D eigenvalue weighted by Gasteiger charge is 2.60. The third-order valence-electron chi connectivity index (χ3n) is 14.8. The smallest absolute Gasteiger partial charge is 0.410 e. The number of pyridine rings is 2. The van der Waals surface area contributed by atoms with Gasteiger partial charge in [0.25, 0.3) is 0 Å². The molecule has 18 nitrogen and oxygen atoms in total. The number of aromatic nitrogens is 4. The first-order valence-corrected chi connectivity index (χ1v) is 24.7. The number of unbranched alkanes of at least 4 members (excludes halogenated alkanes) is 1. The Balaban J connectivity index is 1.34. The third-order valence-corrected chi connectivity index (χ3v) is 14.8. The maximum Gasteiger partial charge on any atom is 0.410 e. The van der Waals surface area contributed by atoms with Crippen LogP contribution in [0.25, 0.3) is 11.3 Å². The summed E-state index contributed by atoms with van der Waals surface area (Å²) in [5.41, 5.74) is 5.05. The summed E-state index contributed by atoms with van der Waals surface area (Å²) in [6.45, 7) is 19.6. The quantitative estimate of drug-likeness (QED) is 0.0722. The van der Waals surface area contributed by atoms with Crippen LogP contribution in [0.1, 0.15) is 93.2 Å². The molecule has 3 fully saturated rings. The number of nitrogen functional groups attached to an aromatic ring is 1. The molecule has 0 aliphatic carbocycles. The predicted molar refractivity (Wildman–Crippen MR) is 261 cm³/mol. The summed E-state index contributed by atoms with van der Waals surface area (Å²) in [5, 5.41) is 11.9. The van der Waals surface area contributed by atoms with Gasteiger partial charge in [-0.25, -0.2) is 14.8 Å². The fourth-order valence-corrected chi connectivity index (χ4v) is 10.9. The Morgan fingerprint density at radius 2 is 1.79 bits per heavy atom. The highest BCUT2D eigenvalue weighted by atomic mass is 16.7. The Morgan fingerprint density at radius 3 is 2.44 bits per heavy atom. The summed E-state index contributed by atoms with van der Waals surface area (Å²) < 4.78 is 40.7. The highest BCUT2D eigenvalue weighted by molar-refractivity contribution is 5.85. The van der Waals surface area contributed by atoms with Crippen LogP contribution in [-0.2, 0) is 55.8 Å². The second-order valence-electron chi connectivity index (χ2n) is 20.0. The highest BCUT2D eigenvalue weighted by Crippen LogP contribution is 2.44. The zero-order valence-corrected chi connectivity index (χ0v) is 42.6. The van der Waals surface area contributed by atoms with E-state index in [4.69, 9.17) is 34.2 Å². The minimum atomic E-state index is -1.46. The molecule has 3 aromatic heterocycles. The summed E-state index contributed by atoms with van der Waals surface area (Å²) in [7, 11) is 3.41. The summed E-state index contributed by atoms with van der Waals surface area (Å²) >= 11 is 0. The number of esters is 2. The number of ether oxygens (including phenoxy) is 6. The van der Waals surface area contributed by atoms with Gasteiger partial charge in [0, 0.05) is 74.7 Å². The maximum atomic E-state index is 15.1. The van der Waals surface area contributed by atoms with Gasteiger partial charge in [0.15, 0.2) is 11.9 Å². The number of likely N-dealkylation sites (N-methyl/N-ethyl adjacent to an activating group) is 1. The van der Waals surface area contributed by atoms with Crippen molar-refractivity contribution >= 4 is 29.6 Å². The molecule has 384 valence electrons. The number of amides is 1. The van der Waals surface area contributed by atoms with Crippen molar-refractivity contribution in [2.45, 2.75) is 161 Å². The molecule has 0 radical (unpaired) electrons. The van der Waals surface area contributed by atoms with Crippen LogP contribution in [0, 0.1) is 23.7 Å². The number of anilines is 1. The number of carbonyl (C=O) groups is 4. The van der Waals surface area contributed by atoms with Crippen molar-refractivity contribution in [1.82, 2.24) is 29.3 Å². The number of nitrogens with two attached hydrogens (primary N) is 1. The van der Waals surface area contributed by atoms with E-state index in [1.807, 2.05) is 56.5 Å². The first-order valence-electron chi connectivity index (χ1n) is 24.7. The second-order valence-corrected chi connectivity index (χ2v) is 20.0. The number of imidazole rings is 1. The minimum Gasteiger partial charge on any atom is -0.461 e. The number of ketones is 1. The fraction of sp³-hybridized carbons (Fsp3) is 0.635. The van der Waals surface area contributed by atoms with E-state index in [0.717, 1.165) is 11.3 Å². The van der Waals surface area contributed by atoms with E-state index in [1.54, 1.807) is 81.7 Å². The molecule has 3 aromatic rings. The lowest BCUT2D eigenvalue weighted by Gasteiger charge is -2.48. The largest absolute Gasteiger partial charge is 0.461 e. The van der Waals surface area contributed by atoms with Crippen LogP contribution >= 0.6 is 0 Å². The first-order chi connectivity index (χ1) is 33.2. The van der Waals surface area contributed by atoms with E-state index in [-0.39, 0.29) is 43.7 Å². The third kappa shape index (κ3) is 12.1. The average Bonchev–Trinajstić information content (AvgIpc) is 3.91. The Bertz CT molecular complexity index is 2250. The van der Waals surface area contributed by atoms with Crippen molar-refractivity contribution in [2.75, 3.05) is 33.0 Å². The van der Waals surface area contributed by atoms with Crippen LogP contribution in [0.4, 0.5) is 10.6 Å². The van der Waals surface area contributed by atoms with Gasteiger partial charge in [0.1, 0.15) is 29.9 Å². The molecule has 18 heteroatoms. The molecular formula is C52H75N7O11. The summed E-state index contributed by atoms with van der Waals surface area (Å²) in [5.74, 6) is -4.55. The number of nitrogens with zero attached hydrogens (tertiary/aromatic N) is 6. The normalized spacial score (nSPS) is 33.3. The van der Waals surface area contributed by atoms with E-state index >= 15 is 4.79 Å². The van der Waals surface area contributed by atoms with Crippen LogP contribution < -0.4 is 5.73 Å². The molecule has 0 spiro atoms. The monoisotopic (exact) mass is 974 g/mol. The number of Topliss-reactive ketones (excluding diaryl/α,β-unsaturated/α-hetero) is 1. The number of fused-ring (bicyclic) bond motifs is 1. The number of hydrogen-bond acceptors (Lipinski definition) is 16. The lowest BCUT2D eigenvalue weighted by Crippen LogP contribution is -2.61. The number of aryl methyl sites for hydroxylation is 1. The Labute approximate surface area is 412 Å². The molecule has 6 rings (SSSR count). The molecule has 1 amide bonds. The number of aliphatic hydroxyl groups is 1. The Hall–Kier alpha value is -5.27. The van der Waals surface area contributed by atoms with Gasteiger partial charge in [-0.1, -0.05) is 39.8 Å². The van der Waals surface area contributed by atoms with Gasteiger partial charge in [0.2, 0.25) is 0 Å². The van der Waals surface area contributed by atoms with Gasteiger partial charge in [-0.3, -0.25) is 24.3 Å². The number of rotatable bonds is 16. The molecule has 3 saturated heterocycles. The van der Waals surface area contributed by atoms with Crippen LogP contribution in [0.5, 0.6) is 0 Å². The van der Waals surface area contributed by atoms with E-state index in [1.165, 1.54) is 7.11 Å². The van der Waals surface area contributed by atoms with Crippen LogP contribution in [0.2, 0.25) is 0 Å². The Morgan fingerprint density at radius 1 is 1.04 bits per heavy atom. The molecule has 3 aliphatic heterocycles. The van der Waals surface area contributed by atoms with Crippen molar-refractivity contribution in [1.29, 1.82) is 0 Å². The van der Waals surface area contributed by atoms with Gasteiger partial charge in [-0.2, -0.15) is 0 Å². The lowest BCUT2D eigenvalue weighted by molar-refractivity contribution is -0.302. The van der Waals surface area contributed by atoms with E-state index < -0.39 is 89.7 Å². The zero-order valence-electron chi connectivity index (χ0n) is 42.6. The SMILES string of the molecule is C=CCN(C)[C@H]1C[C@@H](C)O[C@@H](O[C@@H]2[C@@H](C)[C@H](OC(=O)Cc3ccccn3)[C@@H](C)C(=O)O[C@H](CC)[C@@]3(C)OC(=O)N(CCCCn4cnc(-c5ccc(N)nc5)c4)[C@@H]3[C@@H](C)C(=O)[C@H](C)C[C@@]2(C)OC)[C@@H]1O. The van der Waals surface area contributed by atoms with Crippen molar-refractivity contribution in [3.05, 3.63) is 73.6 Å². The molecule has 3 aliphatic rings. The standard InChI is InChI=1S/C52H75N7O11/c1-12-22-57(10)39-25-32(4)66-49(44(39)62)69-47-34(6)45(68-42(60)26-37-18-14-15-21-54-37)35(7)48(63)67-40(13-2)52(9)46(33(5)43(61)31(3)27-51(47,8)65-11)59(50(64)70-52)24-17-16-23-58-29-38(56-30-58)36-19-20-41(53)55-28-36/h12,14-15,18-21,28-35,39-40,44-47,49,62H,1,13,16-17,22-27H2,2-11H3,(H2,53,55)/t31-,32-,33+,34+,35-,39+,40-,44-,45+,46-,47-,49+,51-,52-/m1/s1. The van der Waals surface area contributed by atoms with Gasteiger partial charge >= 0.3 is 18.0 Å². The van der Waals surface area contributed by atoms with Gasteiger partial charge in [-0.15, -0.1) is 6.58 Å². The average molecular weight is 974 g/mol. The topological polar surface area (TPSA) is 220 Å². The number of carbonyl (C=O) groups excluding carboxylic acids is 4. The van der Waals surface area contributed by atoms with E-state index in [0.29, 0.717) is 43.9 Å². The number of cyclic esters (lactones) is 1. The molecule has 0 unspecified atom stereocenters. The zero-order chi connectivity index (χ0) is 51.1. The minimum absolute atomic E-state index is 0.0992. The van der Waals surface area contributed by atoms with Gasteiger partial charge < -0.3 is 48.7 Å². The first kappa shape index (κ1) is 54.1. The maximum absolute atomic E-state index is 15.1. The van der Waals surface area contributed by atoms with E-state index in [2.05, 4.69) is 21.5 Å². The molecule has 0 saturated carbocycles. The number of aliphatic hydroxyl groups excluding tert-OH is 1. The number of methoxy groups -OCH3 is 1. The fourth-order valence-electron chi connectivity index (χ4n) is 10.9. The summed E-state index contributed by atoms with van der Waals surface area (Å²) in [4.78, 5) is 74.6. The van der Waals surface area contributed by atoms with Gasteiger partial charge in [-0.05, 0) is 91.1 Å². The van der Waals surface area contributed by atoms with Crippen molar-refractivity contribution in [3.8, 4) is 11.3 Å². The molecule has 3 N–H and O–H groups in total. The van der Waals surface area contributed by atoms with Crippen molar-refractivity contribution in [3.63, 3.8) is 0 Å². The second kappa shape index (κ2) is 23.3. The molecule has 6 heterocycles. The van der Waals surface area contributed by atoms with Crippen LogP contribution in [-0.4, -0.2) is 146 Å². The molecule has 0 bridgehead atoms. The lowest BCUT2D eigenvalue weighted by atomic mass is 9.73. The summed E-state index contributed by atoms with van der Waals surface area (Å²) in [6, 6.07) is 7.59. The van der Waals surface area contributed by atoms with Gasteiger partial charge in [0.05, 0.1) is 53.9 Å². The molecular weight excluding hydrogens is 899 g/mol. The molecule has 0 aromatic carbocycles. The number of hydrogen-bond donors (Lipinski definition) is 2. The molecule has 14 atom stereocenters. The van der Waals surface area contributed by atoms with E-state index in [9.17, 15) is 19.5 Å². The Kier molecular flexibility index (Phi) is 18.0. The summed E-state index contributed by atoms with van der Waals surface area (Å²) in [6.07, 6.45) is 4.05. The van der Waals surface area contributed by atoms with Crippen LogP contribution in [0.3, 0.4) is 0 Å². The molecule has 70 heavy (non-hydrogen) atoms. The predicted octanol–water partition coefficient (Wildman–Crippen LogP) is 6.05.